The second kappa shape index (κ2) is 7.45. The van der Waals surface area contributed by atoms with Crippen LogP contribution in [-0.2, 0) is 12.2 Å². The molecule has 108 valence electrons. The molecule has 0 amide bonds. The quantitative estimate of drug-likeness (QED) is 0.849. The van der Waals surface area contributed by atoms with Crippen LogP contribution in [0, 0.1) is 5.92 Å². The van der Waals surface area contributed by atoms with Crippen LogP contribution >= 0.6 is 11.8 Å². The van der Waals surface area contributed by atoms with Gasteiger partial charge in [0.05, 0.1) is 5.75 Å². The molecule has 0 fully saturated rings. The number of aromatic nitrogens is 2. The highest BCUT2D eigenvalue weighted by Gasteiger charge is 2.12. The molecule has 0 unspecified atom stereocenters. The van der Waals surface area contributed by atoms with Crippen molar-refractivity contribution in [1.29, 1.82) is 0 Å². The first-order chi connectivity index (χ1) is 9.70. The summed E-state index contributed by atoms with van der Waals surface area (Å²) >= 11 is 1.83. The number of hydrogen-bond donors (Lipinski definition) is 1. The molecule has 0 radical (unpaired) electrons. The Balaban J connectivity index is 2.08. The minimum absolute atomic E-state index is 0.592. The average Bonchev–Trinajstić information content (AvgIpc) is 2.88. The van der Waals surface area contributed by atoms with Gasteiger partial charge >= 0.3 is 0 Å². The van der Waals surface area contributed by atoms with E-state index >= 15 is 0 Å². The van der Waals surface area contributed by atoms with E-state index in [1.807, 2.05) is 30.0 Å². The second-order valence-electron chi connectivity index (χ2n) is 5.12. The largest absolute Gasteiger partial charge is 0.334 e. The number of rotatable bonds is 7. The van der Waals surface area contributed by atoms with Gasteiger partial charge in [0.15, 0.2) is 5.82 Å². The Hall–Kier alpha value is -1.33. The Morgan fingerprint density at radius 2 is 2.10 bits per heavy atom. The third-order valence-corrected chi connectivity index (χ3v) is 4.18. The number of hydrogen-bond acceptors (Lipinski definition) is 5. The Morgan fingerprint density at radius 3 is 2.85 bits per heavy atom. The van der Waals surface area contributed by atoms with E-state index in [0.717, 1.165) is 34.9 Å². The summed E-state index contributed by atoms with van der Waals surface area (Å²) in [4.78, 5) is 4.48. The summed E-state index contributed by atoms with van der Waals surface area (Å²) in [5.74, 6) is 3.92. The molecule has 20 heavy (non-hydrogen) atoms. The molecule has 1 aromatic heterocycles. The summed E-state index contributed by atoms with van der Waals surface area (Å²) in [6.45, 7) is 5.03. The molecule has 4 nitrogen and oxygen atoms in total. The summed E-state index contributed by atoms with van der Waals surface area (Å²) in [5, 5.41) is 4.05. The fraction of sp³-hybridized carbons (Fsp3) is 0.467. The van der Waals surface area contributed by atoms with Crippen LogP contribution in [0.15, 0.2) is 28.8 Å². The van der Waals surface area contributed by atoms with Crippen molar-refractivity contribution in [3.63, 3.8) is 0 Å². The predicted molar refractivity (Wildman–Crippen MR) is 83.5 cm³/mol. The molecule has 0 aliphatic heterocycles. The first-order valence-corrected chi connectivity index (χ1v) is 8.05. The minimum Gasteiger partial charge on any atom is -0.334 e. The smallest absolute Gasteiger partial charge is 0.258 e. The van der Waals surface area contributed by atoms with E-state index in [-0.39, 0.29) is 0 Å². The van der Waals surface area contributed by atoms with Gasteiger partial charge in [-0.2, -0.15) is 16.7 Å². The number of benzene rings is 1. The monoisotopic (exact) mass is 291 g/mol. The maximum Gasteiger partial charge on any atom is 0.258 e. The lowest BCUT2D eigenvalue weighted by Gasteiger charge is -2.03. The van der Waals surface area contributed by atoms with Crippen molar-refractivity contribution in [2.24, 2.45) is 11.7 Å². The van der Waals surface area contributed by atoms with Crippen molar-refractivity contribution < 1.29 is 4.52 Å². The van der Waals surface area contributed by atoms with Crippen LogP contribution in [0.25, 0.3) is 11.5 Å². The first-order valence-electron chi connectivity index (χ1n) is 6.89. The molecule has 0 saturated carbocycles. The summed E-state index contributed by atoms with van der Waals surface area (Å²) < 4.78 is 5.38. The van der Waals surface area contributed by atoms with Crippen LogP contribution < -0.4 is 5.73 Å². The number of nitrogens with zero attached hydrogens (tertiary/aromatic N) is 2. The minimum atomic E-state index is 0.592. The Labute approximate surface area is 124 Å². The molecular weight excluding hydrogens is 270 g/mol. The molecule has 0 bridgehead atoms. The van der Waals surface area contributed by atoms with E-state index in [1.165, 1.54) is 0 Å². The van der Waals surface area contributed by atoms with Crippen LogP contribution in [0.2, 0.25) is 0 Å². The lowest BCUT2D eigenvalue weighted by molar-refractivity contribution is 0.425. The third kappa shape index (κ3) is 4.08. The van der Waals surface area contributed by atoms with Crippen LogP contribution in [0.1, 0.15) is 25.2 Å². The molecule has 5 heteroatoms. The van der Waals surface area contributed by atoms with E-state index < -0.39 is 0 Å². The molecular formula is C15H21N3OS. The van der Waals surface area contributed by atoms with E-state index in [0.29, 0.717) is 18.4 Å². The van der Waals surface area contributed by atoms with Crippen LogP contribution in [0.4, 0.5) is 0 Å². The zero-order valence-corrected chi connectivity index (χ0v) is 12.8. The maximum atomic E-state index is 5.64. The zero-order valence-electron chi connectivity index (χ0n) is 12.0. The highest BCUT2D eigenvalue weighted by atomic mass is 32.2. The Kier molecular flexibility index (Phi) is 5.61. The van der Waals surface area contributed by atoms with Gasteiger partial charge in [0.25, 0.3) is 5.89 Å². The number of nitrogens with two attached hydrogens (primary N) is 1. The van der Waals surface area contributed by atoms with E-state index in [1.54, 1.807) is 0 Å². The van der Waals surface area contributed by atoms with Crippen LogP contribution in [0.5, 0.6) is 0 Å². The molecule has 0 aliphatic carbocycles. The first kappa shape index (κ1) is 15.1. The molecule has 2 N–H and O–H groups in total. The van der Waals surface area contributed by atoms with Crippen LogP contribution in [0.3, 0.4) is 0 Å². The van der Waals surface area contributed by atoms with E-state index in [9.17, 15) is 0 Å². The highest BCUT2D eigenvalue weighted by molar-refractivity contribution is 7.98. The lowest BCUT2D eigenvalue weighted by Crippen LogP contribution is -2.03. The summed E-state index contributed by atoms with van der Waals surface area (Å²) in [6, 6.07) is 8.04. The van der Waals surface area contributed by atoms with Crippen molar-refractivity contribution in [3.05, 3.63) is 35.7 Å². The van der Waals surface area contributed by atoms with Gasteiger partial charge in [-0.3, -0.25) is 0 Å². The summed E-state index contributed by atoms with van der Waals surface area (Å²) in [6.07, 6.45) is 0.815. The molecule has 1 heterocycles. The van der Waals surface area contributed by atoms with Crippen molar-refractivity contribution in [2.45, 2.75) is 26.0 Å². The van der Waals surface area contributed by atoms with Gasteiger partial charge in [-0.05, 0) is 36.3 Å². The van der Waals surface area contributed by atoms with Crippen molar-refractivity contribution >= 4 is 11.8 Å². The molecule has 0 aliphatic rings. The van der Waals surface area contributed by atoms with Gasteiger partial charge in [-0.25, -0.2) is 0 Å². The molecule has 2 aromatic rings. The average molecular weight is 291 g/mol. The highest BCUT2D eigenvalue weighted by Crippen LogP contribution is 2.23. The van der Waals surface area contributed by atoms with Gasteiger partial charge in [0.2, 0.25) is 0 Å². The van der Waals surface area contributed by atoms with E-state index in [4.69, 9.17) is 10.3 Å². The lowest BCUT2D eigenvalue weighted by atomic mass is 10.0. The van der Waals surface area contributed by atoms with Crippen molar-refractivity contribution in [3.8, 4) is 11.5 Å². The van der Waals surface area contributed by atoms with Crippen molar-refractivity contribution in [2.75, 3.05) is 12.3 Å². The molecule has 0 spiro atoms. The molecule has 1 aromatic carbocycles. The fourth-order valence-corrected chi connectivity index (χ4v) is 2.80. The van der Waals surface area contributed by atoms with Gasteiger partial charge < -0.3 is 10.3 Å². The molecule has 0 atom stereocenters. The Morgan fingerprint density at radius 1 is 1.30 bits per heavy atom. The molecule has 2 rings (SSSR count). The second-order valence-corrected chi connectivity index (χ2v) is 6.15. The summed E-state index contributed by atoms with van der Waals surface area (Å²) in [7, 11) is 0. The maximum absolute atomic E-state index is 5.64. The topological polar surface area (TPSA) is 64.9 Å². The standard InChI is InChI=1S/C15H21N3OS/c1-11(2)9-20-10-14-17-15(19-18-14)13-6-4-3-5-12(13)7-8-16/h3-6,11H,7-10,16H2,1-2H3. The van der Waals surface area contributed by atoms with Crippen molar-refractivity contribution in [1.82, 2.24) is 10.1 Å². The molecule has 0 saturated heterocycles. The predicted octanol–water partition coefficient (Wildman–Crippen LogP) is 3.13. The van der Waals surface area contributed by atoms with Crippen LogP contribution in [-0.4, -0.2) is 22.4 Å². The SMILES string of the molecule is CC(C)CSCc1noc(-c2ccccc2CCN)n1. The normalized spacial score (nSPS) is 11.2. The van der Waals surface area contributed by atoms with Gasteiger partial charge in [0.1, 0.15) is 0 Å². The van der Waals surface area contributed by atoms with Gasteiger partial charge in [-0.1, -0.05) is 37.2 Å². The Bertz CT molecular complexity index is 539. The third-order valence-electron chi connectivity index (χ3n) is 2.81. The fourth-order valence-electron chi connectivity index (χ4n) is 1.91. The van der Waals surface area contributed by atoms with Gasteiger partial charge in [-0.15, -0.1) is 0 Å². The summed E-state index contributed by atoms with van der Waals surface area (Å²) in [5.41, 5.74) is 7.78. The number of thioether (sulfide) groups is 1. The van der Waals surface area contributed by atoms with Gasteiger partial charge in [0, 0.05) is 5.56 Å². The van der Waals surface area contributed by atoms with E-state index in [2.05, 4.69) is 30.1 Å². The zero-order chi connectivity index (χ0) is 14.4.